The fraction of sp³-hybridized carbons (Fsp3) is 0.625. The first-order chi connectivity index (χ1) is 9.56. The van der Waals surface area contributed by atoms with Gasteiger partial charge in [-0.2, -0.15) is 0 Å². The van der Waals surface area contributed by atoms with Crippen LogP contribution >= 0.6 is 11.6 Å². The highest BCUT2D eigenvalue weighted by Gasteiger charge is 2.19. The summed E-state index contributed by atoms with van der Waals surface area (Å²) in [5.74, 6) is 0.515. The van der Waals surface area contributed by atoms with Crippen LogP contribution in [-0.2, 0) is 6.54 Å². The van der Waals surface area contributed by atoms with Gasteiger partial charge in [-0.3, -0.25) is 4.90 Å². The molecule has 1 heterocycles. The highest BCUT2D eigenvalue weighted by molar-refractivity contribution is 6.31. The first-order valence-electron chi connectivity index (χ1n) is 7.45. The minimum absolute atomic E-state index is 0.213. The molecule has 4 heteroatoms. The Morgan fingerprint density at radius 1 is 1.35 bits per heavy atom. The van der Waals surface area contributed by atoms with E-state index in [-0.39, 0.29) is 5.82 Å². The second-order valence-electron chi connectivity index (χ2n) is 5.95. The molecule has 1 aromatic carbocycles. The molecule has 0 spiro atoms. The first kappa shape index (κ1) is 15.7. The van der Waals surface area contributed by atoms with E-state index in [0.29, 0.717) is 11.1 Å². The lowest BCUT2D eigenvalue weighted by molar-refractivity contribution is 0.161. The standard InChI is InChI=1S/C16H24ClFN2/c1-12(2)20(10-13-5-7-19-8-6-13)11-14-9-15(18)3-4-16(14)17/h3-4,9,12-13,19H,5-8,10-11H2,1-2H3. The van der Waals surface area contributed by atoms with Gasteiger partial charge in [0.05, 0.1) is 0 Å². The summed E-state index contributed by atoms with van der Waals surface area (Å²) in [6, 6.07) is 5.05. The number of hydrogen-bond donors (Lipinski definition) is 1. The molecule has 2 rings (SSSR count). The van der Waals surface area contributed by atoms with Crippen LogP contribution in [0.25, 0.3) is 0 Å². The van der Waals surface area contributed by atoms with Crippen LogP contribution in [0.5, 0.6) is 0 Å². The molecule has 2 nitrogen and oxygen atoms in total. The van der Waals surface area contributed by atoms with Gasteiger partial charge in [0.15, 0.2) is 0 Å². The van der Waals surface area contributed by atoms with Gasteiger partial charge in [0.25, 0.3) is 0 Å². The van der Waals surface area contributed by atoms with E-state index in [9.17, 15) is 4.39 Å². The number of rotatable bonds is 5. The molecule has 1 aliphatic rings. The van der Waals surface area contributed by atoms with Crippen LogP contribution in [0.2, 0.25) is 5.02 Å². The Hall–Kier alpha value is -0.640. The molecule has 1 aliphatic heterocycles. The second kappa shape index (κ2) is 7.39. The van der Waals surface area contributed by atoms with E-state index in [1.165, 1.54) is 18.9 Å². The van der Waals surface area contributed by atoms with Crippen molar-refractivity contribution in [2.75, 3.05) is 19.6 Å². The molecule has 112 valence electrons. The molecule has 0 atom stereocenters. The Bertz CT molecular complexity index is 430. The van der Waals surface area contributed by atoms with E-state index in [2.05, 4.69) is 24.1 Å². The summed E-state index contributed by atoms with van der Waals surface area (Å²) in [7, 11) is 0. The van der Waals surface area contributed by atoms with Crippen LogP contribution in [0.1, 0.15) is 32.3 Å². The van der Waals surface area contributed by atoms with E-state index >= 15 is 0 Å². The lowest BCUT2D eigenvalue weighted by Crippen LogP contribution is -2.39. The van der Waals surface area contributed by atoms with Crippen LogP contribution in [0, 0.1) is 11.7 Å². The topological polar surface area (TPSA) is 15.3 Å². The number of benzene rings is 1. The molecule has 0 aromatic heterocycles. The summed E-state index contributed by atoms with van der Waals surface area (Å²) in [5.41, 5.74) is 0.884. The van der Waals surface area contributed by atoms with Crippen molar-refractivity contribution in [3.63, 3.8) is 0 Å². The van der Waals surface area contributed by atoms with Crippen molar-refractivity contribution in [3.05, 3.63) is 34.6 Å². The number of piperidine rings is 1. The summed E-state index contributed by atoms with van der Waals surface area (Å²) in [6.07, 6.45) is 2.44. The van der Waals surface area contributed by atoms with Gasteiger partial charge in [-0.25, -0.2) is 4.39 Å². The lowest BCUT2D eigenvalue weighted by Gasteiger charge is -2.33. The summed E-state index contributed by atoms with van der Waals surface area (Å²) < 4.78 is 13.4. The molecule has 1 N–H and O–H groups in total. The molecule has 1 fully saturated rings. The minimum Gasteiger partial charge on any atom is -0.317 e. The summed E-state index contributed by atoms with van der Waals surface area (Å²) in [5, 5.41) is 4.05. The van der Waals surface area contributed by atoms with E-state index in [4.69, 9.17) is 11.6 Å². The molecule has 0 unspecified atom stereocenters. The van der Waals surface area contributed by atoms with Crippen molar-refractivity contribution in [1.82, 2.24) is 10.2 Å². The van der Waals surface area contributed by atoms with Crippen molar-refractivity contribution in [2.45, 2.75) is 39.3 Å². The quantitative estimate of drug-likeness (QED) is 0.892. The fourth-order valence-corrected chi connectivity index (χ4v) is 2.91. The van der Waals surface area contributed by atoms with Crippen LogP contribution in [-0.4, -0.2) is 30.6 Å². The summed E-state index contributed by atoms with van der Waals surface area (Å²) in [6.45, 7) is 8.38. The number of hydrogen-bond acceptors (Lipinski definition) is 2. The number of nitrogens with zero attached hydrogens (tertiary/aromatic N) is 1. The van der Waals surface area contributed by atoms with Gasteiger partial charge < -0.3 is 5.32 Å². The highest BCUT2D eigenvalue weighted by Crippen LogP contribution is 2.22. The monoisotopic (exact) mass is 298 g/mol. The molecule has 0 amide bonds. The SMILES string of the molecule is CC(C)N(Cc1cc(F)ccc1Cl)CC1CCNCC1. The van der Waals surface area contributed by atoms with E-state index in [1.807, 2.05) is 0 Å². The van der Waals surface area contributed by atoms with Crippen molar-refractivity contribution in [3.8, 4) is 0 Å². The zero-order valence-corrected chi connectivity index (χ0v) is 13.1. The summed E-state index contributed by atoms with van der Waals surface area (Å²) in [4.78, 5) is 2.40. The third-order valence-corrected chi connectivity index (χ3v) is 4.43. The summed E-state index contributed by atoms with van der Waals surface area (Å²) >= 11 is 6.18. The van der Waals surface area contributed by atoms with Gasteiger partial charge in [-0.15, -0.1) is 0 Å². The molecule has 1 saturated heterocycles. The normalized spacial score (nSPS) is 17.1. The van der Waals surface area contributed by atoms with E-state index in [0.717, 1.165) is 37.7 Å². The maximum atomic E-state index is 13.4. The molecule has 0 radical (unpaired) electrons. The molecule has 0 bridgehead atoms. The Kier molecular flexibility index (Phi) is 5.82. The smallest absolute Gasteiger partial charge is 0.123 e. The van der Waals surface area contributed by atoms with Crippen LogP contribution in [0.4, 0.5) is 4.39 Å². The van der Waals surface area contributed by atoms with Crippen molar-refractivity contribution < 1.29 is 4.39 Å². The van der Waals surface area contributed by atoms with Crippen LogP contribution in [0.3, 0.4) is 0 Å². The minimum atomic E-state index is -0.213. The zero-order chi connectivity index (χ0) is 14.5. The number of nitrogens with one attached hydrogen (secondary N) is 1. The molecule has 20 heavy (non-hydrogen) atoms. The zero-order valence-electron chi connectivity index (χ0n) is 12.3. The van der Waals surface area contributed by atoms with Crippen molar-refractivity contribution in [1.29, 1.82) is 0 Å². The van der Waals surface area contributed by atoms with Crippen LogP contribution in [0.15, 0.2) is 18.2 Å². The number of halogens is 2. The van der Waals surface area contributed by atoms with Gasteiger partial charge in [0.2, 0.25) is 0 Å². The third kappa shape index (κ3) is 4.44. The lowest BCUT2D eigenvalue weighted by atomic mass is 9.96. The predicted octanol–water partition coefficient (Wildman–Crippen LogP) is 3.69. The Morgan fingerprint density at radius 3 is 2.70 bits per heavy atom. The molecule has 1 aromatic rings. The van der Waals surface area contributed by atoms with Crippen molar-refractivity contribution >= 4 is 11.6 Å². The van der Waals surface area contributed by atoms with Gasteiger partial charge in [0, 0.05) is 24.2 Å². The highest BCUT2D eigenvalue weighted by atomic mass is 35.5. The predicted molar refractivity (Wildman–Crippen MR) is 82.5 cm³/mol. The molecular weight excluding hydrogens is 275 g/mol. The fourth-order valence-electron chi connectivity index (χ4n) is 2.74. The molecular formula is C16H24ClFN2. The Labute approximate surface area is 126 Å². The van der Waals surface area contributed by atoms with E-state index < -0.39 is 0 Å². The van der Waals surface area contributed by atoms with Gasteiger partial charge in [-0.05, 0) is 69.5 Å². The molecule has 0 aliphatic carbocycles. The van der Waals surface area contributed by atoms with Gasteiger partial charge in [0.1, 0.15) is 5.82 Å². The maximum Gasteiger partial charge on any atom is 0.123 e. The average Bonchev–Trinajstić information content (AvgIpc) is 2.43. The Morgan fingerprint density at radius 2 is 2.05 bits per heavy atom. The van der Waals surface area contributed by atoms with Crippen molar-refractivity contribution in [2.24, 2.45) is 5.92 Å². The average molecular weight is 299 g/mol. The molecule has 0 saturated carbocycles. The van der Waals surface area contributed by atoms with Crippen LogP contribution < -0.4 is 5.32 Å². The van der Waals surface area contributed by atoms with E-state index in [1.54, 1.807) is 12.1 Å². The Balaban J connectivity index is 2.02. The maximum absolute atomic E-state index is 13.4. The van der Waals surface area contributed by atoms with Gasteiger partial charge in [-0.1, -0.05) is 11.6 Å². The third-order valence-electron chi connectivity index (χ3n) is 4.06. The first-order valence-corrected chi connectivity index (χ1v) is 7.82. The largest absolute Gasteiger partial charge is 0.317 e. The second-order valence-corrected chi connectivity index (χ2v) is 6.36. The van der Waals surface area contributed by atoms with Gasteiger partial charge >= 0.3 is 0 Å².